The van der Waals surface area contributed by atoms with Crippen LogP contribution in [0.1, 0.15) is 44.2 Å². The van der Waals surface area contributed by atoms with Gasteiger partial charge in [-0.05, 0) is 25.8 Å². The van der Waals surface area contributed by atoms with Gasteiger partial charge in [0.1, 0.15) is 5.82 Å². The number of nitrogens with one attached hydrogen (secondary N) is 1. The summed E-state index contributed by atoms with van der Waals surface area (Å²) in [6.45, 7) is 1.96. The standard InChI is InChI=1S/C15H21FN2/c1-11(13-9-5-6-10-14(13)16)18(2)15(17)12-7-3-4-8-12/h5-6,9-12,17H,3-4,7-8H2,1-2H3. The highest BCUT2D eigenvalue weighted by Crippen LogP contribution is 2.30. The Hall–Kier alpha value is -1.38. The number of rotatable bonds is 3. The first-order chi connectivity index (χ1) is 8.61. The Morgan fingerprint density at radius 3 is 2.56 bits per heavy atom. The van der Waals surface area contributed by atoms with Crippen LogP contribution < -0.4 is 0 Å². The number of nitrogens with zero attached hydrogens (tertiary/aromatic N) is 1. The molecule has 1 atom stereocenters. The van der Waals surface area contributed by atoms with Crippen molar-refractivity contribution in [2.24, 2.45) is 5.92 Å². The van der Waals surface area contributed by atoms with Gasteiger partial charge in [-0.2, -0.15) is 0 Å². The average Bonchev–Trinajstić information content (AvgIpc) is 2.90. The van der Waals surface area contributed by atoms with Crippen LogP contribution in [0.2, 0.25) is 0 Å². The largest absolute Gasteiger partial charge is 0.357 e. The number of hydrogen-bond donors (Lipinski definition) is 1. The topological polar surface area (TPSA) is 27.1 Å². The summed E-state index contributed by atoms with van der Waals surface area (Å²) in [6, 6.07) is 6.76. The van der Waals surface area contributed by atoms with Crippen LogP contribution in [0, 0.1) is 17.1 Å². The third-order valence-corrected chi connectivity index (χ3v) is 4.06. The highest BCUT2D eigenvalue weighted by atomic mass is 19.1. The number of halogens is 1. The molecule has 0 spiro atoms. The van der Waals surface area contributed by atoms with Crippen LogP contribution in [0.4, 0.5) is 4.39 Å². The molecule has 0 bridgehead atoms. The SMILES string of the molecule is CC(c1ccccc1F)N(C)C(=N)C1CCCC1. The van der Waals surface area contributed by atoms with Crippen molar-refractivity contribution >= 4 is 5.84 Å². The highest BCUT2D eigenvalue weighted by Gasteiger charge is 2.25. The van der Waals surface area contributed by atoms with Crippen LogP contribution in [0.15, 0.2) is 24.3 Å². The molecular formula is C15H21FN2. The molecule has 0 amide bonds. The van der Waals surface area contributed by atoms with Gasteiger partial charge in [0.15, 0.2) is 0 Å². The molecular weight excluding hydrogens is 227 g/mol. The third-order valence-electron chi connectivity index (χ3n) is 4.06. The summed E-state index contributed by atoms with van der Waals surface area (Å²) in [7, 11) is 1.90. The predicted molar refractivity (Wildman–Crippen MR) is 72.3 cm³/mol. The van der Waals surface area contributed by atoms with Crippen molar-refractivity contribution in [1.82, 2.24) is 4.90 Å². The van der Waals surface area contributed by atoms with Crippen molar-refractivity contribution in [2.45, 2.75) is 38.6 Å². The maximum Gasteiger partial charge on any atom is 0.128 e. The van der Waals surface area contributed by atoms with Gasteiger partial charge in [-0.1, -0.05) is 31.0 Å². The van der Waals surface area contributed by atoms with Crippen LogP contribution in [0.5, 0.6) is 0 Å². The minimum Gasteiger partial charge on any atom is -0.357 e. The quantitative estimate of drug-likeness (QED) is 0.635. The third kappa shape index (κ3) is 2.55. The fourth-order valence-electron chi connectivity index (χ4n) is 2.72. The van der Waals surface area contributed by atoms with Gasteiger partial charge < -0.3 is 4.90 Å². The summed E-state index contributed by atoms with van der Waals surface area (Å²) in [6.07, 6.45) is 4.64. The van der Waals surface area contributed by atoms with Crippen LogP contribution in [-0.2, 0) is 0 Å². The number of hydrogen-bond acceptors (Lipinski definition) is 1. The van der Waals surface area contributed by atoms with Crippen molar-refractivity contribution in [3.8, 4) is 0 Å². The van der Waals surface area contributed by atoms with Crippen molar-refractivity contribution in [3.05, 3.63) is 35.6 Å². The summed E-state index contributed by atoms with van der Waals surface area (Å²) in [5, 5.41) is 8.25. The van der Waals surface area contributed by atoms with Crippen LogP contribution in [0.3, 0.4) is 0 Å². The molecule has 3 heteroatoms. The number of amidine groups is 1. The Morgan fingerprint density at radius 1 is 1.33 bits per heavy atom. The fourth-order valence-corrected chi connectivity index (χ4v) is 2.72. The summed E-state index contributed by atoms with van der Waals surface area (Å²) in [4.78, 5) is 1.91. The monoisotopic (exact) mass is 248 g/mol. The number of benzene rings is 1. The highest BCUT2D eigenvalue weighted by molar-refractivity contribution is 5.82. The van der Waals surface area contributed by atoms with Gasteiger partial charge in [-0.15, -0.1) is 0 Å². The van der Waals surface area contributed by atoms with E-state index in [9.17, 15) is 4.39 Å². The Kier molecular flexibility index (Phi) is 4.00. The van der Waals surface area contributed by atoms with E-state index in [0.717, 1.165) is 12.8 Å². The molecule has 1 aliphatic rings. The first kappa shape index (κ1) is 13.1. The van der Waals surface area contributed by atoms with Gasteiger partial charge in [-0.3, -0.25) is 5.41 Å². The van der Waals surface area contributed by atoms with Crippen LogP contribution in [-0.4, -0.2) is 17.8 Å². The minimum absolute atomic E-state index is 0.0840. The minimum atomic E-state index is -0.184. The van der Waals surface area contributed by atoms with Crippen molar-refractivity contribution in [2.75, 3.05) is 7.05 Å². The second-order valence-corrected chi connectivity index (χ2v) is 5.18. The zero-order valence-electron chi connectivity index (χ0n) is 11.1. The van der Waals surface area contributed by atoms with E-state index in [4.69, 9.17) is 5.41 Å². The van der Waals surface area contributed by atoms with Gasteiger partial charge in [0.05, 0.1) is 11.9 Å². The van der Waals surface area contributed by atoms with Crippen LogP contribution >= 0.6 is 0 Å². The van der Waals surface area contributed by atoms with Gasteiger partial charge >= 0.3 is 0 Å². The van der Waals surface area contributed by atoms with E-state index in [2.05, 4.69) is 0 Å². The zero-order valence-corrected chi connectivity index (χ0v) is 11.1. The summed E-state index contributed by atoms with van der Waals surface area (Å²) in [5.74, 6) is 0.837. The lowest BCUT2D eigenvalue weighted by molar-refractivity contribution is 0.364. The maximum atomic E-state index is 13.7. The lowest BCUT2D eigenvalue weighted by Gasteiger charge is -2.30. The van der Waals surface area contributed by atoms with E-state index in [1.54, 1.807) is 12.1 Å². The molecule has 2 nitrogen and oxygen atoms in total. The van der Waals surface area contributed by atoms with E-state index in [0.29, 0.717) is 17.3 Å². The molecule has 1 aromatic rings. The molecule has 2 rings (SSSR count). The van der Waals surface area contributed by atoms with Gasteiger partial charge in [0.2, 0.25) is 0 Å². The Bertz CT molecular complexity index is 424. The lowest BCUT2D eigenvalue weighted by Crippen LogP contribution is -2.33. The molecule has 18 heavy (non-hydrogen) atoms. The van der Waals surface area contributed by atoms with Gasteiger partial charge in [0.25, 0.3) is 0 Å². The zero-order chi connectivity index (χ0) is 13.1. The predicted octanol–water partition coefficient (Wildman–Crippen LogP) is 3.99. The normalized spacial score (nSPS) is 17.7. The summed E-state index contributed by atoms with van der Waals surface area (Å²) >= 11 is 0. The molecule has 1 N–H and O–H groups in total. The van der Waals surface area contributed by atoms with E-state index < -0.39 is 0 Å². The molecule has 1 aliphatic carbocycles. The first-order valence-electron chi connectivity index (χ1n) is 6.67. The molecule has 1 unspecified atom stereocenters. The average molecular weight is 248 g/mol. The molecule has 1 fully saturated rings. The molecule has 0 radical (unpaired) electrons. The molecule has 1 aromatic carbocycles. The summed E-state index contributed by atoms with van der Waals surface area (Å²) < 4.78 is 13.7. The Balaban J connectivity index is 2.10. The van der Waals surface area contributed by atoms with E-state index in [-0.39, 0.29) is 11.9 Å². The Morgan fingerprint density at radius 2 is 1.94 bits per heavy atom. The van der Waals surface area contributed by atoms with E-state index >= 15 is 0 Å². The second-order valence-electron chi connectivity index (χ2n) is 5.18. The lowest BCUT2D eigenvalue weighted by atomic mass is 10.0. The molecule has 0 aromatic heterocycles. The second kappa shape index (κ2) is 5.51. The van der Waals surface area contributed by atoms with Crippen molar-refractivity contribution < 1.29 is 4.39 Å². The Labute approximate surface area is 108 Å². The summed E-state index contributed by atoms with van der Waals surface area (Å²) in [5.41, 5.74) is 0.669. The first-order valence-corrected chi connectivity index (χ1v) is 6.67. The van der Waals surface area contributed by atoms with E-state index in [1.807, 2.05) is 24.9 Å². The molecule has 1 saturated carbocycles. The van der Waals surface area contributed by atoms with Gasteiger partial charge in [0, 0.05) is 18.5 Å². The fraction of sp³-hybridized carbons (Fsp3) is 0.533. The van der Waals surface area contributed by atoms with Crippen LogP contribution in [0.25, 0.3) is 0 Å². The smallest absolute Gasteiger partial charge is 0.128 e. The van der Waals surface area contributed by atoms with Crippen molar-refractivity contribution in [1.29, 1.82) is 5.41 Å². The molecule has 98 valence electrons. The van der Waals surface area contributed by atoms with E-state index in [1.165, 1.54) is 18.9 Å². The molecule has 0 aliphatic heterocycles. The van der Waals surface area contributed by atoms with Gasteiger partial charge in [-0.25, -0.2) is 4.39 Å². The molecule has 0 saturated heterocycles. The maximum absolute atomic E-state index is 13.7. The molecule has 0 heterocycles. The van der Waals surface area contributed by atoms with Crippen molar-refractivity contribution in [3.63, 3.8) is 0 Å².